The van der Waals surface area contributed by atoms with Crippen LogP contribution in [0.15, 0.2) is 42.5 Å². The molecular weight excluding hydrogens is 293 g/mol. The van der Waals surface area contributed by atoms with E-state index in [0.717, 1.165) is 25.3 Å². The first kappa shape index (κ1) is 13.7. The molecule has 104 valence electrons. The van der Waals surface area contributed by atoms with Crippen molar-refractivity contribution in [2.24, 2.45) is 0 Å². The highest BCUT2D eigenvalue weighted by Gasteiger charge is 2.19. The fraction of sp³-hybridized carbons (Fsp3) is 0.250. The van der Waals surface area contributed by atoms with Gasteiger partial charge in [0.05, 0.1) is 22.8 Å². The molecule has 1 aliphatic rings. The second-order valence-electron chi connectivity index (χ2n) is 4.82. The summed E-state index contributed by atoms with van der Waals surface area (Å²) in [5.74, 6) is 0. The highest BCUT2D eigenvalue weighted by Crippen LogP contribution is 2.29. The lowest BCUT2D eigenvalue weighted by Gasteiger charge is -2.26. The highest BCUT2D eigenvalue weighted by molar-refractivity contribution is 6.42. The summed E-state index contributed by atoms with van der Waals surface area (Å²) in [5, 5.41) is 4.48. The number of fused-ring (bicyclic) bond motifs is 1. The summed E-state index contributed by atoms with van der Waals surface area (Å²) in [6, 6.07) is 14.0. The largest absolute Gasteiger partial charge is 0.382 e. The lowest BCUT2D eigenvalue weighted by molar-refractivity contribution is 0.0513. The van der Waals surface area contributed by atoms with E-state index in [9.17, 15) is 0 Å². The Bertz CT molecular complexity index is 615. The number of anilines is 1. The lowest BCUT2D eigenvalue weighted by Crippen LogP contribution is -2.22. The van der Waals surface area contributed by atoms with Gasteiger partial charge in [0.1, 0.15) is 0 Å². The van der Waals surface area contributed by atoms with Crippen molar-refractivity contribution in [3.63, 3.8) is 0 Å². The maximum Gasteiger partial charge on any atom is 0.0999 e. The van der Waals surface area contributed by atoms with Gasteiger partial charge in [-0.15, -0.1) is 0 Å². The molecule has 1 atom stereocenters. The van der Waals surface area contributed by atoms with Crippen molar-refractivity contribution in [2.75, 3.05) is 18.5 Å². The van der Waals surface area contributed by atoms with Crippen LogP contribution in [0.4, 0.5) is 5.69 Å². The SMILES string of the molecule is Clc1ccc(NCC2OCCc3ccccc32)cc1Cl. The molecule has 1 aliphatic heterocycles. The lowest BCUT2D eigenvalue weighted by atomic mass is 9.97. The van der Waals surface area contributed by atoms with Crippen LogP contribution >= 0.6 is 23.2 Å². The molecule has 1 unspecified atom stereocenters. The minimum absolute atomic E-state index is 0.0782. The quantitative estimate of drug-likeness (QED) is 0.886. The zero-order valence-corrected chi connectivity index (χ0v) is 12.4. The Morgan fingerprint density at radius 1 is 1.10 bits per heavy atom. The van der Waals surface area contributed by atoms with Gasteiger partial charge in [-0.3, -0.25) is 0 Å². The van der Waals surface area contributed by atoms with Crippen molar-refractivity contribution in [3.05, 3.63) is 63.6 Å². The third kappa shape index (κ3) is 2.93. The van der Waals surface area contributed by atoms with Crippen LogP contribution in [0.3, 0.4) is 0 Å². The van der Waals surface area contributed by atoms with Crippen molar-refractivity contribution in [1.82, 2.24) is 0 Å². The van der Waals surface area contributed by atoms with Crippen molar-refractivity contribution >= 4 is 28.9 Å². The fourth-order valence-electron chi connectivity index (χ4n) is 2.46. The van der Waals surface area contributed by atoms with Gasteiger partial charge in [-0.05, 0) is 35.7 Å². The highest BCUT2D eigenvalue weighted by atomic mass is 35.5. The number of hydrogen-bond acceptors (Lipinski definition) is 2. The Hall–Kier alpha value is -1.22. The van der Waals surface area contributed by atoms with E-state index in [0.29, 0.717) is 10.0 Å². The molecule has 0 aromatic heterocycles. The third-order valence-corrected chi connectivity index (χ3v) is 4.24. The van der Waals surface area contributed by atoms with E-state index >= 15 is 0 Å². The molecule has 0 aliphatic carbocycles. The standard InChI is InChI=1S/C16H15Cl2NO/c17-14-6-5-12(9-15(14)18)19-10-16-13-4-2-1-3-11(13)7-8-20-16/h1-6,9,16,19H,7-8,10H2. The van der Waals surface area contributed by atoms with Crippen molar-refractivity contribution in [1.29, 1.82) is 0 Å². The summed E-state index contributed by atoms with van der Waals surface area (Å²) in [4.78, 5) is 0. The predicted molar refractivity (Wildman–Crippen MR) is 83.8 cm³/mol. The average molecular weight is 308 g/mol. The van der Waals surface area contributed by atoms with Crippen LogP contribution in [0.5, 0.6) is 0 Å². The summed E-state index contributed by atoms with van der Waals surface area (Å²) in [5.41, 5.74) is 3.59. The smallest absolute Gasteiger partial charge is 0.0999 e. The Morgan fingerprint density at radius 2 is 1.95 bits per heavy atom. The number of ether oxygens (including phenoxy) is 1. The van der Waals surface area contributed by atoms with Crippen LogP contribution in [0.25, 0.3) is 0 Å². The van der Waals surface area contributed by atoms with Gasteiger partial charge in [0.2, 0.25) is 0 Å². The van der Waals surface area contributed by atoms with Gasteiger partial charge < -0.3 is 10.1 Å². The first-order valence-electron chi connectivity index (χ1n) is 6.62. The fourth-order valence-corrected chi connectivity index (χ4v) is 2.76. The maximum atomic E-state index is 6.01. The molecule has 0 spiro atoms. The zero-order valence-electron chi connectivity index (χ0n) is 10.9. The molecule has 4 heteroatoms. The Labute approximate surface area is 128 Å². The molecule has 2 aromatic rings. The number of halogens is 2. The molecule has 2 nitrogen and oxygen atoms in total. The van der Waals surface area contributed by atoms with Gasteiger partial charge in [0.15, 0.2) is 0 Å². The summed E-state index contributed by atoms with van der Waals surface area (Å²) >= 11 is 11.9. The Morgan fingerprint density at radius 3 is 2.80 bits per heavy atom. The predicted octanol–water partition coefficient (Wildman–Crippen LogP) is 4.72. The summed E-state index contributed by atoms with van der Waals surface area (Å²) < 4.78 is 5.86. The molecule has 0 amide bonds. The Kier molecular flexibility index (Phi) is 4.16. The first-order chi connectivity index (χ1) is 9.74. The molecule has 0 bridgehead atoms. The van der Waals surface area contributed by atoms with Crippen molar-refractivity contribution < 1.29 is 4.74 Å². The molecular formula is C16H15Cl2NO. The van der Waals surface area contributed by atoms with Gasteiger partial charge in [-0.1, -0.05) is 47.5 Å². The van der Waals surface area contributed by atoms with Gasteiger partial charge in [-0.25, -0.2) is 0 Å². The molecule has 0 saturated carbocycles. The van der Waals surface area contributed by atoms with Gasteiger partial charge in [0, 0.05) is 12.2 Å². The molecule has 2 aromatic carbocycles. The average Bonchev–Trinajstić information content (AvgIpc) is 2.48. The van der Waals surface area contributed by atoms with E-state index in [1.54, 1.807) is 6.07 Å². The minimum atomic E-state index is 0.0782. The van der Waals surface area contributed by atoms with Gasteiger partial charge in [-0.2, -0.15) is 0 Å². The molecule has 1 heterocycles. The third-order valence-electron chi connectivity index (χ3n) is 3.50. The Balaban J connectivity index is 1.71. The van der Waals surface area contributed by atoms with Gasteiger partial charge >= 0.3 is 0 Å². The topological polar surface area (TPSA) is 21.3 Å². The van der Waals surface area contributed by atoms with E-state index in [2.05, 4.69) is 29.6 Å². The number of benzene rings is 2. The van der Waals surface area contributed by atoms with E-state index in [1.807, 2.05) is 12.1 Å². The number of hydrogen-bond donors (Lipinski definition) is 1. The molecule has 3 rings (SSSR count). The van der Waals surface area contributed by atoms with Crippen molar-refractivity contribution in [2.45, 2.75) is 12.5 Å². The maximum absolute atomic E-state index is 6.01. The summed E-state index contributed by atoms with van der Waals surface area (Å²) in [6.45, 7) is 1.49. The van der Waals surface area contributed by atoms with E-state index in [1.165, 1.54) is 11.1 Å². The number of rotatable bonds is 3. The van der Waals surface area contributed by atoms with Gasteiger partial charge in [0.25, 0.3) is 0 Å². The van der Waals surface area contributed by atoms with E-state index < -0.39 is 0 Å². The monoisotopic (exact) mass is 307 g/mol. The zero-order chi connectivity index (χ0) is 13.9. The summed E-state index contributed by atoms with van der Waals surface area (Å²) in [6.07, 6.45) is 1.06. The summed E-state index contributed by atoms with van der Waals surface area (Å²) in [7, 11) is 0. The normalized spacial score (nSPS) is 17.6. The van der Waals surface area contributed by atoms with Crippen LogP contribution in [0, 0.1) is 0 Å². The molecule has 0 radical (unpaired) electrons. The first-order valence-corrected chi connectivity index (χ1v) is 7.38. The second kappa shape index (κ2) is 6.04. The molecule has 0 saturated heterocycles. The number of nitrogens with one attached hydrogen (secondary N) is 1. The van der Waals surface area contributed by atoms with Crippen LogP contribution in [-0.2, 0) is 11.2 Å². The molecule has 1 N–H and O–H groups in total. The molecule has 0 fully saturated rings. The molecule has 20 heavy (non-hydrogen) atoms. The van der Waals surface area contributed by atoms with Crippen molar-refractivity contribution in [3.8, 4) is 0 Å². The second-order valence-corrected chi connectivity index (χ2v) is 5.63. The van der Waals surface area contributed by atoms with Crippen LogP contribution in [-0.4, -0.2) is 13.2 Å². The minimum Gasteiger partial charge on any atom is -0.382 e. The van der Waals surface area contributed by atoms with E-state index in [-0.39, 0.29) is 6.10 Å². The van der Waals surface area contributed by atoms with Crippen LogP contribution < -0.4 is 5.32 Å². The van der Waals surface area contributed by atoms with Crippen LogP contribution in [0.1, 0.15) is 17.2 Å². The van der Waals surface area contributed by atoms with E-state index in [4.69, 9.17) is 27.9 Å². The van der Waals surface area contributed by atoms with Crippen LogP contribution in [0.2, 0.25) is 10.0 Å².